The van der Waals surface area contributed by atoms with Crippen LogP contribution in [-0.2, 0) is 24.4 Å². The van der Waals surface area contributed by atoms with E-state index in [0.29, 0.717) is 11.0 Å². The number of ether oxygens (including phenoxy) is 2. The van der Waals surface area contributed by atoms with Gasteiger partial charge in [0.1, 0.15) is 0 Å². The van der Waals surface area contributed by atoms with Crippen molar-refractivity contribution in [2.45, 2.75) is 70.3 Å². The first-order valence-electron chi connectivity index (χ1n) is 9.26. The van der Waals surface area contributed by atoms with Gasteiger partial charge in [0, 0.05) is 6.42 Å². The van der Waals surface area contributed by atoms with Crippen molar-refractivity contribution in [3.05, 3.63) is 29.3 Å². The number of halogens is 3. The van der Waals surface area contributed by atoms with Gasteiger partial charge in [0.25, 0.3) is 0 Å². The van der Waals surface area contributed by atoms with Crippen LogP contribution >= 0.6 is 0 Å². The van der Waals surface area contributed by atoms with E-state index in [2.05, 4.69) is 0 Å². The summed E-state index contributed by atoms with van der Waals surface area (Å²) in [6.07, 6.45) is -6.78. The van der Waals surface area contributed by atoms with Gasteiger partial charge in [-0.2, -0.15) is 13.2 Å². The summed E-state index contributed by atoms with van der Waals surface area (Å²) in [6.45, 7) is 9.64. The third kappa shape index (κ3) is 3.70. The molecule has 2 saturated heterocycles. The average Bonchev–Trinajstić information content (AvgIpc) is 3.12. The largest absolute Gasteiger partial charge is 0.495 e. The third-order valence-electron chi connectivity index (χ3n) is 5.89. The summed E-state index contributed by atoms with van der Waals surface area (Å²) in [5, 5.41) is 10.7. The topological polar surface area (TPSA) is 57.2 Å². The molecule has 1 unspecified atom stereocenters. The van der Waals surface area contributed by atoms with Crippen molar-refractivity contribution in [3.8, 4) is 0 Å². The van der Waals surface area contributed by atoms with Gasteiger partial charge < -0.3 is 23.9 Å². The predicted molar refractivity (Wildman–Crippen MR) is 97.2 cm³/mol. The summed E-state index contributed by atoms with van der Waals surface area (Å²) >= 11 is 0. The zero-order chi connectivity index (χ0) is 21.0. The summed E-state index contributed by atoms with van der Waals surface area (Å²) < 4.78 is 63.9. The molecule has 1 N–H and O–H groups in total. The molecule has 0 radical (unpaired) electrons. The maximum atomic E-state index is 13.9. The van der Waals surface area contributed by atoms with E-state index < -0.39 is 42.8 Å². The standard InChI is InChI=1S/C19H26BF3O5/c1-12-6-7-13(10-14(12)20-27-16(2,3)17(4,5)28-20)18(24,19(21,22)23)11-15-25-8-9-26-15/h6-7,10,15,24H,8-9,11H2,1-5H3. The molecule has 156 valence electrons. The molecular formula is C19H26BF3O5. The maximum Gasteiger partial charge on any atom is 0.495 e. The van der Waals surface area contributed by atoms with E-state index in [1.165, 1.54) is 18.2 Å². The van der Waals surface area contributed by atoms with Crippen LogP contribution < -0.4 is 5.46 Å². The lowest BCUT2D eigenvalue weighted by atomic mass is 9.73. The van der Waals surface area contributed by atoms with Crippen LogP contribution in [0.25, 0.3) is 0 Å². The molecule has 3 rings (SSSR count). The normalized spacial score (nSPS) is 24.5. The molecule has 0 aliphatic carbocycles. The van der Waals surface area contributed by atoms with E-state index in [4.69, 9.17) is 18.8 Å². The zero-order valence-corrected chi connectivity index (χ0v) is 16.7. The maximum absolute atomic E-state index is 13.9. The Hall–Kier alpha value is -1.13. The zero-order valence-electron chi connectivity index (χ0n) is 16.7. The molecule has 0 aromatic heterocycles. The van der Waals surface area contributed by atoms with E-state index in [0.717, 1.165) is 0 Å². The minimum Gasteiger partial charge on any atom is -0.399 e. The van der Waals surface area contributed by atoms with Crippen molar-refractivity contribution in [2.75, 3.05) is 13.2 Å². The number of hydrogen-bond donors (Lipinski definition) is 1. The smallest absolute Gasteiger partial charge is 0.399 e. The number of hydrogen-bond acceptors (Lipinski definition) is 5. The van der Waals surface area contributed by atoms with E-state index in [1.54, 1.807) is 6.92 Å². The molecule has 9 heteroatoms. The van der Waals surface area contributed by atoms with Crippen molar-refractivity contribution >= 4 is 12.6 Å². The van der Waals surface area contributed by atoms with Crippen molar-refractivity contribution in [2.24, 2.45) is 0 Å². The van der Waals surface area contributed by atoms with Gasteiger partial charge >= 0.3 is 13.3 Å². The minimum atomic E-state index is -4.91. The van der Waals surface area contributed by atoms with Crippen molar-refractivity contribution in [1.29, 1.82) is 0 Å². The SMILES string of the molecule is Cc1ccc(C(O)(CC2OCCO2)C(F)(F)F)cc1B1OC(C)(C)C(C)(C)O1. The van der Waals surface area contributed by atoms with Crippen LogP contribution in [0.15, 0.2) is 18.2 Å². The number of benzene rings is 1. The fraction of sp³-hybridized carbons (Fsp3) is 0.684. The fourth-order valence-corrected chi connectivity index (χ4v) is 3.29. The lowest BCUT2D eigenvalue weighted by Gasteiger charge is -2.33. The first-order valence-corrected chi connectivity index (χ1v) is 9.26. The Bertz CT molecular complexity index is 715. The van der Waals surface area contributed by atoms with Crippen LogP contribution in [0.3, 0.4) is 0 Å². The van der Waals surface area contributed by atoms with E-state index in [-0.39, 0.29) is 18.8 Å². The molecule has 0 amide bonds. The van der Waals surface area contributed by atoms with E-state index in [9.17, 15) is 18.3 Å². The quantitative estimate of drug-likeness (QED) is 0.786. The molecular weight excluding hydrogens is 376 g/mol. The second-order valence-corrected chi connectivity index (χ2v) is 8.39. The highest BCUT2D eigenvalue weighted by Gasteiger charge is 2.57. The molecule has 0 saturated carbocycles. The summed E-state index contributed by atoms with van der Waals surface area (Å²) in [5.41, 5.74) is -3.52. The number of aryl methyl sites for hydroxylation is 1. The van der Waals surface area contributed by atoms with E-state index in [1.807, 2.05) is 27.7 Å². The van der Waals surface area contributed by atoms with Gasteiger partial charge in [0.15, 0.2) is 11.9 Å². The first kappa shape index (κ1) is 21.6. The van der Waals surface area contributed by atoms with Gasteiger partial charge in [-0.3, -0.25) is 0 Å². The van der Waals surface area contributed by atoms with Crippen LogP contribution in [0.1, 0.15) is 45.2 Å². The molecule has 5 nitrogen and oxygen atoms in total. The molecule has 28 heavy (non-hydrogen) atoms. The number of rotatable bonds is 4. The second kappa shape index (κ2) is 6.99. The Morgan fingerprint density at radius 1 is 1.07 bits per heavy atom. The summed E-state index contributed by atoms with van der Waals surface area (Å²) in [4.78, 5) is 0. The molecule has 1 aromatic rings. The predicted octanol–water partition coefficient (Wildman–Crippen LogP) is 2.81. The van der Waals surface area contributed by atoms with Crippen LogP contribution in [0.2, 0.25) is 0 Å². The van der Waals surface area contributed by atoms with Crippen molar-refractivity contribution in [3.63, 3.8) is 0 Å². The molecule has 2 aliphatic heterocycles. The molecule has 2 fully saturated rings. The number of alkyl halides is 3. The number of aliphatic hydroxyl groups is 1. The van der Waals surface area contributed by atoms with Crippen LogP contribution in [0, 0.1) is 6.92 Å². The van der Waals surface area contributed by atoms with Crippen molar-refractivity contribution < 1.29 is 37.1 Å². The van der Waals surface area contributed by atoms with Gasteiger partial charge in [-0.25, -0.2) is 0 Å². The van der Waals surface area contributed by atoms with Crippen molar-refractivity contribution in [1.82, 2.24) is 0 Å². The van der Waals surface area contributed by atoms with Gasteiger partial charge in [0.2, 0.25) is 0 Å². The molecule has 1 aromatic carbocycles. The lowest BCUT2D eigenvalue weighted by molar-refractivity contribution is -0.284. The van der Waals surface area contributed by atoms with Gasteiger partial charge in [0.05, 0.1) is 24.4 Å². The highest BCUT2D eigenvalue weighted by molar-refractivity contribution is 6.62. The molecule has 0 spiro atoms. The fourth-order valence-electron chi connectivity index (χ4n) is 3.29. The Labute approximate surface area is 163 Å². The minimum absolute atomic E-state index is 0.200. The molecule has 0 bridgehead atoms. The van der Waals surface area contributed by atoms with Gasteiger partial charge in [-0.1, -0.05) is 23.8 Å². The molecule has 1 atom stereocenters. The van der Waals surface area contributed by atoms with Gasteiger partial charge in [-0.05, 0) is 45.6 Å². The Morgan fingerprint density at radius 2 is 1.61 bits per heavy atom. The van der Waals surface area contributed by atoms with Crippen LogP contribution in [0.4, 0.5) is 13.2 Å². The first-order chi connectivity index (χ1) is 12.8. The molecule has 2 heterocycles. The monoisotopic (exact) mass is 402 g/mol. The highest BCUT2D eigenvalue weighted by atomic mass is 19.4. The summed E-state index contributed by atoms with van der Waals surface area (Å²) in [5.74, 6) is 0. The van der Waals surface area contributed by atoms with Crippen LogP contribution in [0.5, 0.6) is 0 Å². The Balaban J connectivity index is 1.98. The van der Waals surface area contributed by atoms with Gasteiger partial charge in [-0.15, -0.1) is 0 Å². The summed E-state index contributed by atoms with van der Waals surface area (Å²) in [7, 11) is -0.832. The third-order valence-corrected chi connectivity index (χ3v) is 5.89. The van der Waals surface area contributed by atoms with Crippen LogP contribution in [-0.4, -0.2) is 49.1 Å². The lowest BCUT2D eigenvalue weighted by Crippen LogP contribution is -2.46. The Morgan fingerprint density at radius 3 is 2.11 bits per heavy atom. The Kier molecular flexibility index (Phi) is 5.38. The molecule has 2 aliphatic rings. The van der Waals surface area contributed by atoms with E-state index >= 15 is 0 Å². The summed E-state index contributed by atoms with van der Waals surface area (Å²) in [6, 6.07) is 4.11. The highest BCUT2D eigenvalue weighted by Crippen LogP contribution is 2.44. The average molecular weight is 402 g/mol. The second-order valence-electron chi connectivity index (χ2n) is 8.39.